The van der Waals surface area contributed by atoms with Gasteiger partial charge < -0.3 is 0 Å². The number of guanidine groups is 1. The lowest BCUT2D eigenvalue weighted by Gasteiger charge is -2.09. The zero-order valence-electron chi connectivity index (χ0n) is 27.6. The Morgan fingerprint density at radius 1 is 0.375 bits per heavy atom. The summed E-state index contributed by atoms with van der Waals surface area (Å²) >= 11 is 0. The third-order valence-corrected chi connectivity index (χ3v) is 8.24. The van der Waals surface area contributed by atoms with Crippen LogP contribution in [0.3, 0.4) is 0 Å². The van der Waals surface area contributed by atoms with Crippen molar-refractivity contribution in [3.63, 3.8) is 0 Å². The third kappa shape index (κ3) is 31.3. The lowest BCUT2D eigenvalue weighted by atomic mass is 10.1. The zero-order valence-corrected chi connectivity index (χ0v) is 27.6. The molecule has 0 atom stereocenters. The summed E-state index contributed by atoms with van der Waals surface area (Å²) in [5.74, 6) is 0.514. The maximum absolute atomic E-state index is 5.98. The highest BCUT2D eigenvalue weighted by Gasteiger charge is 2.04. The molecule has 0 unspecified atom stereocenters. The maximum Gasteiger partial charge on any atom is 0.341 e. The van der Waals surface area contributed by atoms with E-state index in [1.54, 1.807) is 0 Å². The van der Waals surface area contributed by atoms with Crippen LogP contribution in [0.1, 0.15) is 194 Å². The van der Waals surface area contributed by atoms with Gasteiger partial charge in [0, 0.05) is 0 Å². The number of hydrogen-bond donors (Lipinski definition) is 2. The molecule has 0 rings (SSSR count). The molecule has 3 nitrogen and oxygen atoms in total. The van der Waals surface area contributed by atoms with Crippen LogP contribution in [0, 0.1) is 0 Å². The van der Waals surface area contributed by atoms with Crippen LogP contribution in [0.2, 0.25) is 0 Å². The van der Waals surface area contributed by atoms with E-state index in [4.69, 9.17) is 11.5 Å². The Bertz CT molecular complexity index is 530. The maximum atomic E-state index is 5.98. The summed E-state index contributed by atoms with van der Waals surface area (Å²) in [6.07, 6.45) is 47.4. The van der Waals surface area contributed by atoms with Gasteiger partial charge in [0.1, 0.15) is 0 Å². The molecule has 40 heavy (non-hydrogen) atoms. The fourth-order valence-corrected chi connectivity index (χ4v) is 5.47. The number of hydrogen-bond acceptors (Lipinski definition) is 0. The Balaban J connectivity index is 3.48. The van der Waals surface area contributed by atoms with E-state index in [1.165, 1.54) is 180 Å². The Kier molecular flexibility index (Phi) is 32.9. The lowest BCUT2D eigenvalue weighted by molar-refractivity contribution is -0.530. The first-order chi connectivity index (χ1) is 19.7. The monoisotopic (exact) mass is 561 g/mol. The van der Waals surface area contributed by atoms with Gasteiger partial charge in [0.05, 0.1) is 13.1 Å². The first-order valence-corrected chi connectivity index (χ1v) is 18.1. The molecule has 0 amide bonds. The van der Waals surface area contributed by atoms with Crippen LogP contribution < -0.4 is 11.5 Å². The predicted octanol–water partition coefficient (Wildman–Crippen LogP) is 11.3. The standard InChI is InChI=1S/C37H73N3/c1-3-5-7-9-11-13-15-17-19-21-23-25-27-29-31-33-35-40(37(38)39)36-34-32-30-28-26-24-22-20-18-16-14-12-10-8-6-4-2/h17-20H,3-16,21-36H2,1-2H3,(H3,38,39)/p+1/b19-17-,20-18-. The second-order valence-electron chi connectivity index (χ2n) is 12.3. The summed E-state index contributed by atoms with van der Waals surface area (Å²) in [7, 11) is 0. The molecule has 0 saturated carbocycles. The first kappa shape index (κ1) is 38.8. The Hall–Kier alpha value is -1.25. The molecule has 0 spiro atoms. The molecule has 0 aliphatic rings. The molecule has 0 saturated heterocycles. The fraction of sp³-hybridized carbons (Fsp3) is 0.865. The van der Waals surface area contributed by atoms with Gasteiger partial charge >= 0.3 is 5.96 Å². The molecule has 0 aromatic heterocycles. The van der Waals surface area contributed by atoms with Crippen molar-refractivity contribution in [2.45, 2.75) is 194 Å². The van der Waals surface area contributed by atoms with Crippen LogP contribution in [-0.4, -0.2) is 23.6 Å². The van der Waals surface area contributed by atoms with E-state index in [0.29, 0.717) is 5.96 Å². The van der Waals surface area contributed by atoms with E-state index in [-0.39, 0.29) is 0 Å². The first-order valence-electron chi connectivity index (χ1n) is 18.1. The smallest absolute Gasteiger partial charge is 0.291 e. The molecule has 0 aliphatic heterocycles. The molecule has 0 radical (unpaired) electrons. The van der Waals surface area contributed by atoms with Gasteiger partial charge in [-0.15, -0.1) is 0 Å². The number of nitrogens with two attached hydrogens (primary N) is 2. The van der Waals surface area contributed by atoms with Crippen molar-refractivity contribution >= 4 is 5.96 Å². The average Bonchev–Trinajstić information content (AvgIpc) is 2.95. The van der Waals surface area contributed by atoms with Crippen molar-refractivity contribution in [1.82, 2.24) is 0 Å². The molecule has 0 fully saturated rings. The SMILES string of the molecule is CCCCCCCC/C=C\CCCCCCCC[N+](CCCCCCCC/C=C\CCCCCCCC)=C(N)N. The molecular weight excluding hydrogens is 486 g/mol. The molecule has 0 aliphatic carbocycles. The summed E-state index contributed by atoms with van der Waals surface area (Å²) in [4.78, 5) is 0. The van der Waals surface area contributed by atoms with Gasteiger partial charge in [-0.3, -0.25) is 16.0 Å². The molecule has 236 valence electrons. The summed E-state index contributed by atoms with van der Waals surface area (Å²) < 4.78 is 2.21. The van der Waals surface area contributed by atoms with Gasteiger partial charge in [-0.25, -0.2) is 0 Å². The molecule has 0 aromatic carbocycles. The van der Waals surface area contributed by atoms with E-state index >= 15 is 0 Å². The second-order valence-corrected chi connectivity index (χ2v) is 12.3. The van der Waals surface area contributed by atoms with E-state index < -0.39 is 0 Å². The van der Waals surface area contributed by atoms with Crippen LogP contribution in [0.4, 0.5) is 0 Å². The summed E-state index contributed by atoms with van der Waals surface area (Å²) in [6.45, 7) is 6.62. The van der Waals surface area contributed by atoms with Crippen LogP contribution in [0.25, 0.3) is 0 Å². The minimum atomic E-state index is 0.514. The summed E-state index contributed by atoms with van der Waals surface area (Å²) in [5.41, 5.74) is 12.0. The highest BCUT2D eigenvalue weighted by Crippen LogP contribution is 2.12. The van der Waals surface area contributed by atoms with Crippen molar-refractivity contribution in [3.8, 4) is 0 Å². The third-order valence-electron chi connectivity index (χ3n) is 8.24. The molecule has 0 bridgehead atoms. The Morgan fingerprint density at radius 3 is 0.900 bits per heavy atom. The summed E-state index contributed by atoms with van der Waals surface area (Å²) in [6, 6.07) is 0. The van der Waals surface area contributed by atoms with Gasteiger partial charge in [-0.2, -0.15) is 0 Å². The topological polar surface area (TPSA) is 55.0 Å². The lowest BCUT2D eigenvalue weighted by Crippen LogP contribution is -2.37. The fourth-order valence-electron chi connectivity index (χ4n) is 5.47. The molecule has 0 aromatic rings. The number of unbranched alkanes of at least 4 members (excludes halogenated alkanes) is 24. The number of nitrogens with zero attached hydrogens (tertiary/aromatic N) is 1. The van der Waals surface area contributed by atoms with Crippen LogP contribution in [-0.2, 0) is 0 Å². The van der Waals surface area contributed by atoms with Gasteiger partial charge in [0.15, 0.2) is 0 Å². The zero-order chi connectivity index (χ0) is 29.2. The van der Waals surface area contributed by atoms with Crippen LogP contribution in [0.5, 0.6) is 0 Å². The molecule has 3 heteroatoms. The largest absolute Gasteiger partial charge is 0.341 e. The van der Waals surface area contributed by atoms with Crippen molar-refractivity contribution in [1.29, 1.82) is 0 Å². The van der Waals surface area contributed by atoms with E-state index in [0.717, 1.165) is 13.1 Å². The minimum Gasteiger partial charge on any atom is -0.291 e. The minimum absolute atomic E-state index is 0.514. The highest BCUT2D eigenvalue weighted by molar-refractivity contribution is 5.70. The molecule has 0 heterocycles. The van der Waals surface area contributed by atoms with Crippen LogP contribution in [0.15, 0.2) is 24.3 Å². The normalized spacial score (nSPS) is 11.8. The van der Waals surface area contributed by atoms with Gasteiger partial charge in [-0.1, -0.05) is 154 Å². The van der Waals surface area contributed by atoms with E-state index in [2.05, 4.69) is 42.7 Å². The number of rotatable bonds is 32. The predicted molar refractivity (Wildman–Crippen MR) is 182 cm³/mol. The number of allylic oxidation sites excluding steroid dienone is 4. The summed E-state index contributed by atoms with van der Waals surface area (Å²) in [5, 5.41) is 0. The van der Waals surface area contributed by atoms with Gasteiger partial charge in [0.25, 0.3) is 0 Å². The Morgan fingerprint density at radius 2 is 0.625 bits per heavy atom. The molecule has 4 N–H and O–H groups in total. The van der Waals surface area contributed by atoms with E-state index in [9.17, 15) is 0 Å². The average molecular weight is 561 g/mol. The van der Waals surface area contributed by atoms with Crippen molar-refractivity contribution in [2.75, 3.05) is 13.1 Å². The second kappa shape index (κ2) is 34.0. The van der Waals surface area contributed by atoms with Crippen LogP contribution >= 0.6 is 0 Å². The van der Waals surface area contributed by atoms with E-state index in [1.807, 2.05) is 0 Å². The molecular formula is C37H74N3+. The Labute approximate surface area is 252 Å². The van der Waals surface area contributed by atoms with Gasteiger partial charge in [0.2, 0.25) is 0 Å². The highest BCUT2D eigenvalue weighted by atomic mass is 15.1. The van der Waals surface area contributed by atoms with Crippen molar-refractivity contribution in [3.05, 3.63) is 24.3 Å². The van der Waals surface area contributed by atoms with Crippen molar-refractivity contribution < 1.29 is 4.58 Å². The van der Waals surface area contributed by atoms with Gasteiger partial charge in [-0.05, 0) is 64.2 Å². The van der Waals surface area contributed by atoms with Crippen molar-refractivity contribution in [2.24, 2.45) is 11.5 Å². The quantitative estimate of drug-likeness (QED) is 0.0282.